The van der Waals surface area contributed by atoms with Crippen molar-refractivity contribution in [3.05, 3.63) is 35.9 Å². The quantitative estimate of drug-likeness (QED) is 0.794. The normalized spacial score (nSPS) is 27.7. The second-order valence-corrected chi connectivity index (χ2v) is 6.06. The lowest BCUT2D eigenvalue weighted by molar-refractivity contribution is -0.0394. The van der Waals surface area contributed by atoms with Gasteiger partial charge in [-0.3, -0.25) is 0 Å². The number of ether oxygens (including phenoxy) is 1. The minimum atomic E-state index is 0.214. The first kappa shape index (κ1) is 12.2. The molecule has 98 valence electrons. The molecule has 0 aliphatic carbocycles. The Morgan fingerprint density at radius 2 is 1.94 bits per heavy atom. The molecule has 2 heterocycles. The van der Waals surface area contributed by atoms with E-state index < -0.39 is 0 Å². The highest BCUT2D eigenvalue weighted by atomic mass is 16.5. The van der Waals surface area contributed by atoms with Gasteiger partial charge in [-0.05, 0) is 44.2 Å². The van der Waals surface area contributed by atoms with Crippen LogP contribution in [0, 0.1) is 5.92 Å². The van der Waals surface area contributed by atoms with Crippen molar-refractivity contribution in [3.63, 3.8) is 0 Å². The molecule has 18 heavy (non-hydrogen) atoms. The molecule has 2 nitrogen and oxygen atoms in total. The van der Waals surface area contributed by atoms with Gasteiger partial charge in [0.05, 0.1) is 12.2 Å². The molecular formula is C16H23NO. The zero-order valence-electron chi connectivity index (χ0n) is 11.3. The van der Waals surface area contributed by atoms with Crippen molar-refractivity contribution < 1.29 is 4.74 Å². The van der Waals surface area contributed by atoms with Gasteiger partial charge in [-0.25, -0.2) is 0 Å². The number of piperidine rings is 1. The predicted octanol–water partition coefficient (Wildman–Crippen LogP) is 2.73. The molecule has 2 saturated heterocycles. The predicted molar refractivity (Wildman–Crippen MR) is 73.7 cm³/mol. The van der Waals surface area contributed by atoms with Gasteiger partial charge in [-0.15, -0.1) is 0 Å². The number of rotatable bonds is 2. The Balaban J connectivity index is 1.58. The molecule has 0 amide bonds. The molecular weight excluding hydrogens is 222 g/mol. The minimum absolute atomic E-state index is 0.214. The number of nitrogens with zero attached hydrogens (tertiary/aromatic N) is 1. The molecule has 0 radical (unpaired) electrons. The van der Waals surface area contributed by atoms with Crippen molar-refractivity contribution in [1.82, 2.24) is 4.90 Å². The standard InChI is InChI=1S/C16H23NO/c1-17-9-7-16(8-10-17)12-15(13-18-16)11-14-5-3-2-4-6-14/h2-6,15H,7-13H2,1H3. The highest BCUT2D eigenvalue weighted by Gasteiger charge is 2.41. The molecule has 0 saturated carbocycles. The van der Waals surface area contributed by atoms with Crippen LogP contribution in [-0.4, -0.2) is 37.2 Å². The fourth-order valence-corrected chi connectivity index (χ4v) is 3.39. The van der Waals surface area contributed by atoms with Crippen molar-refractivity contribution in [2.75, 3.05) is 26.7 Å². The zero-order chi connectivity index (χ0) is 12.4. The van der Waals surface area contributed by atoms with Crippen LogP contribution in [0.3, 0.4) is 0 Å². The Kier molecular flexibility index (Phi) is 3.40. The van der Waals surface area contributed by atoms with Gasteiger partial charge >= 0.3 is 0 Å². The van der Waals surface area contributed by atoms with E-state index in [0.717, 1.165) is 12.5 Å². The Morgan fingerprint density at radius 3 is 2.67 bits per heavy atom. The SMILES string of the molecule is CN1CCC2(CC1)CC(Cc1ccccc1)CO2. The Morgan fingerprint density at radius 1 is 1.22 bits per heavy atom. The van der Waals surface area contributed by atoms with E-state index in [-0.39, 0.29) is 5.60 Å². The summed E-state index contributed by atoms with van der Waals surface area (Å²) < 4.78 is 6.19. The molecule has 1 aromatic rings. The monoisotopic (exact) mass is 245 g/mol. The van der Waals surface area contributed by atoms with Crippen LogP contribution < -0.4 is 0 Å². The molecule has 2 aliphatic rings. The van der Waals surface area contributed by atoms with E-state index in [9.17, 15) is 0 Å². The van der Waals surface area contributed by atoms with E-state index in [1.54, 1.807) is 0 Å². The van der Waals surface area contributed by atoms with Gasteiger partial charge in [0.1, 0.15) is 0 Å². The van der Waals surface area contributed by atoms with E-state index in [2.05, 4.69) is 42.3 Å². The smallest absolute Gasteiger partial charge is 0.0710 e. The Labute approximate surface area is 110 Å². The van der Waals surface area contributed by atoms with E-state index in [1.165, 1.54) is 44.3 Å². The van der Waals surface area contributed by atoms with Gasteiger partial charge in [0.2, 0.25) is 0 Å². The van der Waals surface area contributed by atoms with E-state index in [1.807, 2.05) is 0 Å². The highest BCUT2D eigenvalue weighted by molar-refractivity contribution is 5.15. The highest BCUT2D eigenvalue weighted by Crippen LogP contribution is 2.39. The molecule has 0 bridgehead atoms. The summed E-state index contributed by atoms with van der Waals surface area (Å²) in [4.78, 5) is 2.42. The fourth-order valence-electron chi connectivity index (χ4n) is 3.39. The lowest BCUT2D eigenvalue weighted by Crippen LogP contribution is -2.42. The molecule has 1 spiro atoms. The van der Waals surface area contributed by atoms with Crippen molar-refractivity contribution in [1.29, 1.82) is 0 Å². The Hall–Kier alpha value is -0.860. The second-order valence-electron chi connectivity index (χ2n) is 6.06. The molecule has 2 fully saturated rings. The first-order chi connectivity index (χ1) is 8.76. The Bertz CT molecular complexity index is 381. The first-order valence-corrected chi connectivity index (χ1v) is 7.12. The third-order valence-electron chi connectivity index (χ3n) is 4.55. The molecule has 1 atom stereocenters. The van der Waals surface area contributed by atoms with Crippen LogP contribution >= 0.6 is 0 Å². The third kappa shape index (κ3) is 2.60. The summed E-state index contributed by atoms with van der Waals surface area (Å²) in [5.74, 6) is 0.718. The summed E-state index contributed by atoms with van der Waals surface area (Å²) in [6, 6.07) is 10.8. The maximum atomic E-state index is 6.19. The largest absolute Gasteiger partial charge is 0.375 e. The summed E-state index contributed by atoms with van der Waals surface area (Å²) in [6.07, 6.45) is 4.87. The van der Waals surface area contributed by atoms with Crippen molar-refractivity contribution >= 4 is 0 Å². The average Bonchev–Trinajstić information content (AvgIpc) is 2.78. The van der Waals surface area contributed by atoms with Crippen LogP contribution in [0.2, 0.25) is 0 Å². The van der Waals surface area contributed by atoms with Crippen LogP contribution in [0.1, 0.15) is 24.8 Å². The van der Waals surface area contributed by atoms with Crippen LogP contribution in [0.25, 0.3) is 0 Å². The van der Waals surface area contributed by atoms with Gasteiger partial charge < -0.3 is 9.64 Å². The number of likely N-dealkylation sites (tertiary alicyclic amines) is 1. The molecule has 1 aromatic carbocycles. The topological polar surface area (TPSA) is 12.5 Å². The van der Waals surface area contributed by atoms with Gasteiger partial charge in [0, 0.05) is 13.1 Å². The summed E-state index contributed by atoms with van der Waals surface area (Å²) in [6.45, 7) is 3.34. The fraction of sp³-hybridized carbons (Fsp3) is 0.625. The van der Waals surface area contributed by atoms with Gasteiger partial charge in [-0.1, -0.05) is 30.3 Å². The maximum Gasteiger partial charge on any atom is 0.0710 e. The van der Waals surface area contributed by atoms with Crippen LogP contribution in [-0.2, 0) is 11.2 Å². The van der Waals surface area contributed by atoms with Crippen LogP contribution in [0.4, 0.5) is 0 Å². The average molecular weight is 245 g/mol. The second kappa shape index (κ2) is 5.02. The molecule has 0 aromatic heterocycles. The third-order valence-corrected chi connectivity index (χ3v) is 4.55. The number of benzene rings is 1. The van der Waals surface area contributed by atoms with Gasteiger partial charge in [-0.2, -0.15) is 0 Å². The van der Waals surface area contributed by atoms with Crippen molar-refractivity contribution in [2.45, 2.75) is 31.3 Å². The zero-order valence-corrected chi connectivity index (χ0v) is 11.3. The summed E-state index contributed by atoms with van der Waals surface area (Å²) in [5, 5.41) is 0. The van der Waals surface area contributed by atoms with E-state index in [4.69, 9.17) is 4.74 Å². The van der Waals surface area contributed by atoms with Crippen molar-refractivity contribution in [2.24, 2.45) is 5.92 Å². The van der Waals surface area contributed by atoms with Gasteiger partial charge in [0.25, 0.3) is 0 Å². The van der Waals surface area contributed by atoms with E-state index >= 15 is 0 Å². The number of hydrogen-bond donors (Lipinski definition) is 0. The molecule has 1 unspecified atom stereocenters. The summed E-state index contributed by atoms with van der Waals surface area (Å²) >= 11 is 0. The van der Waals surface area contributed by atoms with Crippen LogP contribution in [0.15, 0.2) is 30.3 Å². The van der Waals surface area contributed by atoms with Crippen LogP contribution in [0.5, 0.6) is 0 Å². The lowest BCUT2D eigenvalue weighted by Gasteiger charge is -2.37. The number of hydrogen-bond acceptors (Lipinski definition) is 2. The van der Waals surface area contributed by atoms with Gasteiger partial charge in [0.15, 0.2) is 0 Å². The maximum absolute atomic E-state index is 6.19. The molecule has 2 aliphatic heterocycles. The summed E-state index contributed by atoms with van der Waals surface area (Å²) in [5.41, 5.74) is 1.67. The summed E-state index contributed by atoms with van der Waals surface area (Å²) in [7, 11) is 2.21. The molecule has 0 N–H and O–H groups in total. The molecule has 3 rings (SSSR count). The van der Waals surface area contributed by atoms with E-state index in [0.29, 0.717) is 0 Å². The first-order valence-electron chi connectivity index (χ1n) is 7.12. The molecule has 2 heteroatoms. The van der Waals surface area contributed by atoms with Crippen molar-refractivity contribution in [3.8, 4) is 0 Å². The minimum Gasteiger partial charge on any atom is -0.375 e. The lowest BCUT2D eigenvalue weighted by atomic mass is 9.84.